The zero-order chi connectivity index (χ0) is 10.7. The van der Waals surface area contributed by atoms with E-state index < -0.39 is 0 Å². The second-order valence-corrected chi connectivity index (χ2v) is 5.21. The Hall–Kier alpha value is -0.590. The van der Waals surface area contributed by atoms with Crippen LogP contribution in [0.2, 0.25) is 0 Å². The number of nitriles is 1. The van der Waals surface area contributed by atoms with Crippen LogP contribution in [0.4, 0.5) is 0 Å². The molecule has 2 aliphatic rings. The van der Waals surface area contributed by atoms with Crippen LogP contribution in [-0.4, -0.2) is 38.3 Å². The smallest absolute Gasteiger partial charge is 0.116 e. The van der Waals surface area contributed by atoms with Crippen LogP contribution in [0.25, 0.3) is 0 Å². The molecule has 0 unspecified atom stereocenters. The van der Waals surface area contributed by atoms with Crippen LogP contribution in [0.3, 0.4) is 0 Å². The van der Waals surface area contributed by atoms with Gasteiger partial charge in [-0.2, -0.15) is 5.26 Å². The van der Waals surface area contributed by atoms with E-state index in [2.05, 4.69) is 18.0 Å². The number of rotatable bonds is 5. The molecule has 1 saturated heterocycles. The number of ether oxygens (including phenoxy) is 1. The molecule has 15 heavy (non-hydrogen) atoms. The highest BCUT2D eigenvalue weighted by atomic mass is 16.5. The van der Waals surface area contributed by atoms with Crippen LogP contribution in [0.1, 0.15) is 25.7 Å². The fraction of sp³-hybridized carbons (Fsp3) is 0.917. The maximum absolute atomic E-state index is 9.06. The quantitative estimate of drug-likeness (QED) is 0.689. The van der Waals surface area contributed by atoms with E-state index in [1.165, 1.54) is 25.7 Å². The summed E-state index contributed by atoms with van der Waals surface area (Å²) in [6.45, 7) is 3.25. The fourth-order valence-corrected chi connectivity index (χ4v) is 2.32. The molecule has 0 spiro atoms. The van der Waals surface area contributed by atoms with Crippen LogP contribution < -0.4 is 0 Å². The third-order valence-electron chi connectivity index (χ3n) is 3.71. The molecule has 2 rings (SSSR count). The molecule has 0 aromatic heterocycles. The van der Waals surface area contributed by atoms with Gasteiger partial charge < -0.3 is 9.64 Å². The summed E-state index contributed by atoms with van der Waals surface area (Å²) in [5.74, 6) is 0.961. The van der Waals surface area contributed by atoms with Crippen molar-refractivity contribution in [3.05, 3.63) is 0 Å². The Morgan fingerprint density at radius 3 is 2.60 bits per heavy atom. The normalized spacial score (nSPS) is 24.3. The summed E-state index contributed by atoms with van der Waals surface area (Å²) < 4.78 is 5.14. The molecule has 0 N–H and O–H groups in total. The first kappa shape index (κ1) is 10.9. The average Bonchev–Trinajstić information content (AvgIpc) is 2.09. The van der Waals surface area contributed by atoms with Gasteiger partial charge in [-0.05, 0) is 25.9 Å². The van der Waals surface area contributed by atoms with Crippen molar-refractivity contribution >= 4 is 0 Å². The molecule has 2 fully saturated rings. The standard InChI is InChI=1S/C12H20N2O/c1-14(6-5-11-3-2-4-11)8-12(7-13)9-15-10-12/h11H,2-6,8-10H2,1H3. The molecule has 0 aromatic rings. The van der Waals surface area contributed by atoms with Crippen molar-refractivity contribution in [2.45, 2.75) is 25.7 Å². The second kappa shape index (κ2) is 4.51. The number of hydrogen-bond donors (Lipinski definition) is 0. The highest BCUT2D eigenvalue weighted by molar-refractivity contribution is 5.05. The Morgan fingerprint density at radius 2 is 2.20 bits per heavy atom. The van der Waals surface area contributed by atoms with Crippen LogP contribution in [-0.2, 0) is 4.74 Å². The lowest BCUT2D eigenvalue weighted by atomic mass is 9.82. The van der Waals surface area contributed by atoms with Crippen molar-refractivity contribution in [2.24, 2.45) is 11.3 Å². The van der Waals surface area contributed by atoms with E-state index >= 15 is 0 Å². The van der Waals surface area contributed by atoms with Gasteiger partial charge in [0, 0.05) is 6.54 Å². The van der Waals surface area contributed by atoms with Gasteiger partial charge >= 0.3 is 0 Å². The molecular weight excluding hydrogens is 188 g/mol. The molecule has 3 nitrogen and oxygen atoms in total. The molecule has 0 bridgehead atoms. The van der Waals surface area contributed by atoms with Crippen LogP contribution in [0.15, 0.2) is 0 Å². The first-order valence-electron chi connectivity index (χ1n) is 5.92. The summed E-state index contributed by atoms with van der Waals surface area (Å²) in [7, 11) is 2.12. The Morgan fingerprint density at radius 1 is 1.47 bits per heavy atom. The van der Waals surface area contributed by atoms with Crippen molar-refractivity contribution < 1.29 is 4.74 Å². The monoisotopic (exact) mass is 208 g/mol. The van der Waals surface area contributed by atoms with Crippen molar-refractivity contribution in [3.8, 4) is 6.07 Å². The van der Waals surface area contributed by atoms with E-state index in [-0.39, 0.29) is 5.41 Å². The largest absolute Gasteiger partial charge is 0.378 e. The Balaban J connectivity index is 1.67. The van der Waals surface area contributed by atoms with Crippen molar-refractivity contribution in [1.29, 1.82) is 5.26 Å². The third-order valence-corrected chi connectivity index (χ3v) is 3.71. The molecule has 3 heteroatoms. The van der Waals surface area contributed by atoms with Gasteiger partial charge in [-0.15, -0.1) is 0 Å². The lowest BCUT2D eigenvalue weighted by Gasteiger charge is -2.38. The molecule has 0 aromatic carbocycles. The minimum Gasteiger partial charge on any atom is -0.378 e. The minimum absolute atomic E-state index is 0.200. The maximum atomic E-state index is 9.06. The van der Waals surface area contributed by atoms with Crippen LogP contribution >= 0.6 is 0 Å². The first-order valence-corrected chi connectivity index (χ1v) is 5.92. The van der Waals surface area contributed by atoms with Crippen LogP contribution in [0.5, 0.6) is 0 Å². The summed E-state index contributed by atoms with van der Waals surface area (Å²) in [6.07, 6.45) is 5.56. The Labute approximate surface area is 92.0 Å². The summed E-state index contributed by atoms with van der Waals surface area (Å²) in [4.78, 5) is 2.30. The molecule has 1 saturated carbocycles. The molecule has 1 aliphatic carbocycles. The SMILES string of the molecule is CN(CCC1CCC1)CC1(C#N)COC1. The predicted octanol–water partition coefficient (Wildman–Crippen LogP) is 1.65. The van der Waals surface area contributed by atoms with Crippen molar-refractivity contribution in [3.63, 3.8) is 0 Å². The fourth-order valence-electron chi connectivity index (χ4n) is 2.32. The molecule has 0 amide bonds. The van der Waals surface area contributed by atoms with Crippen LogP contribution in [0, 0.1) is 22.7 Å². The van der Waals surface area contributed by atoms with Gasteiger partial charge in [-0.25, -0.2) is 0 Å². The van der Waals surface area contributed by atoms with Gasteiger partial charge in [-0.1, -0.05) is 19.3 Å². The third kappa shape index (κ3) is 2.50. The zero-order valence-corrected chi connectivity index (χ0v) is 9.54. The molecule has 1 aliphatic heterocycles. The van der Waals surface area contributed by atoms with Crippen molar-refractivity contribution in [1.82, 2.24) is 4.90 Å². The Bertz CT molecular complexity index is 251. The summed E-state index contributed by atoms with van der Waals surface area (Å²) >= 11 is 0. The van der Waals surface area contributed by atoms with E-state index in [0.29, 0.717) is 13.2 Å². The highest BCUT2D eigenvalue weighted by Crippen LogP contribution is 2.30. The van der Waals surface area contributed by atoms with E-state index in [4.69, 9.17) is 10.00 Å². The van der Waals surface area contributed by atoms with Gasteiger partial charge in [0.05, 0.1) is 19.3 Å². The first-order chi connectivity index (χ1) is 7.24. The van der Waals surface area contributed by atoms with Gasteiger partial charge in [0.15, 0.2) is 0 Å². The number of hydrogen-bond acceptors (Lipinski definition) is 3. The second-order valence-electron chi connectivity index (χ2n) is 5.21. The minimum atomic E-state index is -0.200. The maximum Gasteiger partial charge on any atom is 0.116 e. The zero-order valence-electron chi connectivity index (χ0n) is 9.54. The van der Waals surface area contributed by atoms with Gasteiger partial charge in [0.2, 0.25) is 0 Å². The Kier molecular flexibility index (Phi) is 3.28. The summed E-state index contributed by atoms with van der Waals surface area (Å²) in [6, 6.07) is 2.39. The van der Waals surface area contributed by atoms with Crippen molar-refractivity contribution in [2.75, 3.05) is 33.4 Å². The lowest BCUT2D eigenvalue weighted by molar-refractivity contribution is -0.0892. The topological polar surface area (TPSA) is 36.3 Å². The van der Waals surface area contributed by atoms with E-state index in [9.17, 15) is 0 Å². The summed E-state index contributed by atoms with van der Waals surface area (Å²) in [5, 5.41) is 9.06. The molecular formula is C12H20N2O. The summed E-state index contributed by atoms with van der Waals surface area (Å²) in [5.41, 5.74) is -0.200. The van der Waals surface area contributed by atoms with Gasteiger partial charge in [-0.3, -0.25) is 0 Å². The lowest BCUT2D eigenvalue weighted by Crippen LogP contribution is -2.49. The van der Waals surface area contributed by atoms with Gasteiger partial charge in [0.25, 0.3) is 0 Å². The van der Waals surface area contributed by atoms with E-state index in [1.807, 2.05) is 0 Å². The molecule has 0 atom stereocenters. The van der Waals surface area contributed by atoms with E-state index in [0.717, 1.165) is 19.0 Å². The molecule has 84 valence electrons. The number of nitrogens with zero attached hydrogens (tertiary/aromatic N) is 2. The average molecular weight is 208 g/mol. The highest BCUT2D eigenvalue weighted by Gasteiger charge is 2.39. The van der Waals surface area contributed by atoms with E-state index in [1.54, 1.807) is 0 Å². The predicted molar refractivity (Wildman–Crippen MR) is 58.3 cm³/mol. The molecule has 0 radical (unpaired) electrons. The molecule has 1 heterocycles. The van der Waals surface area contributed by atoms with Gasteiger partial charge in [0.1, 0.15) is 5.41 Å².